The Kier molecular flexibility index (Phi) is 2.90. The number of aryl methyl sites for hydroxylation is 1. The molecule has 0 amide bonds. The van der Waals surface area contributed by atoms with Gasteiger partial charge in [0.2, 0.25) is 0 Å². The molecule has 1 aromatic carbocycles. The van der Waals surface area contributed by atoms with Gasteiger partial charge < -0.3 is 0 Å². The third kappa shape index (κ3) is 2.28. The highest BCUT2D eigenvalue weighted by Crippen LogP contribution is 2.26. The lowest BCUT2D eigenvalue weighted by atomic mass is 9.95. The maximum Gasteiger partial charge on any atom is 0.166 e. The lowest BCUT2D eigenvalue weighted by Crippen LogP contribution is -2.11. The topological polar surface area (TPSA) is 47.0 Å². The van der Waals surface area contributed by atoms with Gasteiger partial charge in [-0.15, -0.1) is 0 Å². The molecule has 1 unspecified atom stereocenters. The number of nitrogens with zero attached hydrogens (tertiary/aromatic N) is 1. The van der Waals surface area contributed by atoms with Crippen LogP contribution in [-0.2, 0) is 4.79 Å². The van der Waals surface area contributed by atoms with Gasteiger partial charge in [0.25, 0.3) is 0 Å². The van der Waals surface area contributed by atoms with Gasteiger partial charge in [-0.3, -0.25) is 14.6 Å². The number of benzene rings is 1. The summed E-state index contributed by atoms with van der Waals surface area (Å²) in [6.45, 7) is 1.95. The zero-order chi connectivity index (χ0) is 13.4. The zero-order valence-corrected chi connectivity index (χ0v) is 10.8. The first-order valence-corrected chi connectivity index (χ1v) is 6.57. The number of fused-ring (bicyclic) bond motifs is 1. The van der Waals surface area contributed by atoms with Gasteiger partial charge in [-0.1, -0.05) is 6.07 Å². The predicted octanol–water partition coefficient (Wildman–Crippen LogP) is 3.10. The number of aromatic nitrogens is 1. The van der Waals surface area contributed by atoms with Crippen molar-refractivity contribution in [3.8, 4) is 0 Å². The van der Waals surface area contributed by atoms with E-state index in [2.05, 4.69) is 4.98 Å². The Morgan fingerprint density at radius 2 is 2.11 bits per heavy atom. The number of carbonyl (C=O) groups is 2. The molecule has 3 nitrogen and oxygen atoms in total. The van der Waals surface area contributed by atoms with Crippen molar-refractivity contribution in [1.82, 2.24) is 4.98 Å². The molecule has 96 valence electrons. The smallest absolute Gasteiger partial charge is 0.166 e. The van der Waals surface area contributed by atoms with Gasteiger partial charge in [-0.05, 0) is 37.6 Å². The van der Waals surface area contributed by atoms with E-state index in [4.69, 9.17) is 0 Å². The van der Waals surface area contributed by atoms with Gasteiger partial charge in [0.05, 0.1) is 5.52 Å². The van der Waals surface area contributed by atoms with Crippen LogP contribution in [0.15, 0.2) is 30.3 Å². The van der Waals surface area contributed by atoms with Crippen LogP contribution in [0, 0.1) is 12.8 Å². The van der Waals surface area contributed by atoms with Gasteiger partial charge in [-0.2, -0.15) is 0 Å². The Hall–Kier alpha value is -2.03. The van der Waals surface area contributed by atoms with Crippen molar-refractivity contribution in [2.24, 2.45) is 5.92 Å². The summed E-state index contributed by atoms with van der Waals surface area (Å²) in [5, 5.41) is 0.973. The zero-order valence-electron chi connectivity index (χ0n) is 10.8. The Morgan fingerprint density at radius 3 is 2.84 bits per heavy atom. The fraction of sp³-hybridized carbons (Fsp3) is 0.312. The number of carbonyl (C=O) groups excluding carboxylic acids is 2. The molecule has 0 aliphatic heterocycles. The fourth-order valence-electron chi connectivity index (χ4n) is 2.65. The molecule has 0 radical (unpaired) electrons. The molecule has 3 heteroatoms. The maximum atomic E-state index is 12.3. The number of hydrogen-bond donors (Lipinski definition) is 0. The minimum atomic E-state index is -0.122. The molecule has 1 aliphatic carbocycles. The average Bonchev–Trinajstić information content (AvgIpc) is 2.84. The molecule has 19 heavy (non-hydrogen) atoms. The summed E-state index contributed by atoms with van der Waals surface area (Å²) in [6.07, 6.45) is 1.65. The first kappa shape index (κ1) is 12.0. The van der Waals surface area contributed by atoms with E-state index in [1.165, 1.54) is 0 Å². The summed E-state index contributed by atoms with van der Waals surface area (Å²) in [5.41, 5.74) is 2.56. The highest BCUT2D eigenvalue weighted by Gasteiger charge is 2.28. The summed E-state index contributed by atoms with van der Waals surface area (Å²) in [6, 6.07) is 9.50. The minimum Gasteiger partial charge on any atom is -0.300 e. The number of pyridine rings is 1. The van der Waals surface area contributed by atoms with Crippen LogP contribution in [-0.4, -0.2) is 16.6 Å². The summed E-state index contributed by atoms with van der Waals surface area (Å²) < 4.78 is 0. The Morgan fingerprint density at radius 1 is 1.26 bits per heavy atom. The van der Waals surface area contributed by atoms with Crippen LogP contribution in [0.5, 0.6) is 0 Å². The van der Waals surface area contributed by atoms with Crippen molar-refractivity contribution in [3.05, 3.63) is 41.6 Å². The molecule has 1 aromatic heterocycles. The average molecular weight is 253 g/mol. The van der Waals surface area contributed by atoms with Crippen molar-refractivity contribution in [2.75, 3.05) is 0 Å². The fourth-order valence-corrected chi connectivity index (χ4v) is 2.65. The second kappa shape index (κ2) is 4.57. The Labute approximate surface area is 111 Å². The molecule has 0 bridgehead atoms. The van der Waals surface area contributed by atoms with Crippen molar-refractivity contribution < 1.29 is 9.59 Å². The van der Waals surface area contributed by atoms with Crippen LogP contribution in [0.2, 0.25) is 0 Å². The molecule has 2 aromatic rings. The monoisotopic (exact) mass is 253 g/mol. The molecule has 1 fully saturated rings. The van der Waals surface area contributed by atoms with E-state index >= 15 is 0 Å². The van der Waals surface area contributed by atoms with E-state index in [1.54, 1.807) is 0 Å². The van der Waals surface area contributed by atoms with Crippen LogP contribution in [0.25, 0.3) is 10.9 Å². The quantitative estimate of drug-likeness (QED) is 0.773. The summed E-state index contributed by atoms with van der Waals surface area (Å²) in [7, 11) is 0. The van der Waals surface area contributed by atoms with Crippen molar-refractivity contribution >= 4 is 22.5 Å². The van der Waals surface area contributed by atoms with Crippen molar-refractivity contribution in [3.63, 3.8) is 0 Å². The molecule has 0 saturated heterocycles. The Balaban J connectivity index is 1.94. The molecule has 1 heterocycles. The second-order valence-corrected chi connectivity index (χ2v) is 5.20. The van der Waals surface area contributed by atoms with E-state index in [0.29, 0.717) is 24.8 Å². The van der Waals surface area contributed by atoms with E-state index in [0.717, 1.165) is 16.6 Å². The van der Waals surface area contributed by atoms with E-state index < -0.39 is 0 Å². The lowest BCUT2D eigenvalue weighted by Gasteiger charge is -2.08. The molecular formula is C16H15NO2. The third-order valence-electron chi connectivity index (χ3n) is 3.73. The van der Waals surface area contributed by atoms with Crippen molar-refractivity contribution in [1.29, 1.82) is 0 Å². The molecule has 1 aliphatic rings. The molecular weight excluding hydrogens is 238 g/mol. The van der Waals surface area contributed by atoms with Crippen LogP contribution >= 0.6 is 0 Å². The number of hydrogen-bond acceptors (Lipinski definition) is 3. The lowest BCUT2D eigenvalue weighted by molar-refractivity contribution is -0.117. The van der Waals surface area contributed by atoms with Crippen LogP contribution in [0.3, 0.4) is 0 Å². The highest BCUT2D eigenvalue weighted by molar-refractivity contribution is 6.03. The van der Waals surface area contributed by atoms with E-state index in [9.17, 15) is 9.59 Å². The van der Waals surface area contributed by atoms with Gasteiger partial charge in [-0.25, -0.2) is 0 Å². The first-order chi connectivity index (χ1) is 9.13. The first-order valence-electron chi connectivity index (χ1n) is 6.57. The number of ketones is 2. The van der Waals surface area contributed by atoms with E-state index in [1.807, 2.05) is 37.3 Å². The molecule has 0 N–H and O–H groups in total. The van der Waals surface area contributed by atoms with Crippen molar-refractivity contribution in [2.45, 2.75) is 26.2 Å². The van der Waals surface area contributed by atoms with Gasteiger partial charge in [0.1, 0.15) is 5.78 Å². The van der Waals surface area contributed by atoms with Crippen LogP contribution in [0.1, 0.15) is 35.3 Å². The van der Waals surface area contributed by atoms with E-state index in [-0.39, 0.29) is 17.5 Å². The molecule has 1 saturated carbocycles. The Bertz CT molecular complexity index is 676. The third-order valence-corrected chi connectivity index (χ3v) is 3.73. The number of rotatable bonds is 2. The predicted molar refractivity (Wildman–Crippen MR) is 73.2 cm³/mol. The second-order valence-electron chi connectivity index (χ2n) is 5.20. The maximum absolute atomic E-state index is 12.3. The van der Waals surface area contributed by atoms with Gasteiger partial charge in [0, 0.05) is 35.4 Å². The normalized spacial score (nSPS) is 19.0. The largest absolute Gasteiger partial charge is 0.300 e. The molecule has 0 spiro atoms. The number of Topliss-reactive ketones (excluding diaryl/α,β-unsaturated/α-hetero) is 2. The molecule has 1 atom stereocenters. The van der Waals surface area contributed by atoms with Crippen LogP contribution < -0.4 is 0 Å². The SMILES string of the molecule is Cc1ccc2cc(C(=O)C3CCC(=O)C3)ccc2n1. The highest BCUT2D eigenvalue weighted by atomic mass is 16.1. The minimum absolute atomic E-state index is 0.0910. The van der Waals surface area contributed by atoms with Gasteiger partial charge in [0.15, 0.2) is 5.78 Å². The summed E-state index contributed by atoms with van der Waals surface area (Å²) in [5.74, 6) is 0.174. The van der Waals surface area contributed by atoms with Crippen LogP contribution in [0.4, 0.5) is 0 Å². The standard InChI is InChI=1S/C16H15NO2/c1-10-2-3-11-8-12(5-7-15(11)17-10)16(19)13-4-6-14(18)9-13/h2-3,5,7-8,13H,4,6,9H2,1H3. The summed E-state index contributed by atoms with van der Waals surface area (Å²) >= 11 is 0. The molecule has 3 rings (SSSR count). The summed E-state index contributed by atoms with van der Waals surface area (Å²) in [4.78, 5) is 28.0. The van der Waals surface area contributed by atoms with Gasteiger partial charge >= 0.3 is 0 Å².